The maximum absolute atomic E-state index is 12.1. The van der Waals surface area contributed by atoms with E-state index in [4.69, 9.17) is 21.1 Å². The van der Waals surface area contributed by atoms with Crippen LogP contribution in [0.1, 0.15) is 44.2 Å². The molecule has 0 saturated carbocycles. The first-order valence-electron chi connectivity index (χ1n) is 11.1. The quantitative estimate of drug-likeness (QED) is 0.277. The van der Waals surface area contributed by atoms with Gasteiger partial charge in [0.25, 0.3) is 0 Å². The summed E-state index contributed by atoms with van der Waals surface area (Å²) in [5.41, 5.74) is 1.97. The summed E-state index contributed by atoms with van der Waals surface area (Å²) < 4.78 is 47.3. The Hall–Kier alpha value is -1.83. The van der Waals surface area contributed by atoms with E-state index in [0.717, 1.165) is 23.3 Å². The molecule has 0 saturated heterocycles. The number of benzene rings is 2. The van der Waals surface area contributed by atoms with Gasteiger partial charge in [0.2, 0.25) is 0 Å². The zero-order valence-electron chi connectivity index (χ0n) is 19.3. The topological polar surface area (TPSA) is 72.8 Å². The van der Waals surface area contributed by atoms with Crippen molar-refractivity contribution in [2.75, 3.05) is 37.3 Å². The Labute approximate surface area is 201 Å². The summed E-state index contributed by atoms with van der Waals surface area (Å²) in [6.45, 7) is 4.18. The maximum atomic E-state index is 12.1. The van der Waals surface area contributed by atoms with Crippen molar-refractivity contribution in [3.63, 3.8) is 0 Å². The van der Waals surface area contributed by atoms with Gasteiger partial charge < -0.3 is 14.6 Å². The Kier molecular flexibility index (Phi) is 10.9. The molecule has 33 heavy (non-hydrogen) atoms. The number of alkyl halides is 2. The molecule has 0 bridgehead atoms. The van der Waals surface area contributed by atoms with Crippen LogP contribution in [0.2, 0.25) is 0 Å². The zero-order valence-corrected chi connectivity index (χ0v) is 20.9. The Morgan fingerprint density at radius 1 is 0.939 bits per heavy atom. The summed E-state index contributed by atoms with van der Waals surface area (Å²) in [6, 6.07) is 15.5. The third kappa shape index (κ3) is 9.14. The molecule has 2 rings (SSSR count). The van der Waals surface area contributed by atoms with Crippen molar-refractivity contribution in [1.29, 1.82) is 0 Å². The highest BCUT2D eigenvalue weighted by molar-refractivity contribution is 7.91. The second-order valence-corrected chi connectivity index (χ2v) is 11.1. The molecule has 0 heterocycles. The van der Waals surface area contributed by atoms with E-state index in [9.17, 15) is 17.9 Å². The van der Waals surface area contributed by atoms with E-state index in [0.29, 0.717) is 18.2 Å². The molecule has 2 aromatic rings. The summed E-state index contributed by atoms with van der Waals surface area (Å²) in [7, 11) is -3.44. The third-order valence-corrected chi connectivity index (χ3v) is 7.50. The Morgan fingerprint density at radius 2 is 1.48 bits per heavy atom. The van der Waals surface area contributed by atoms with E-state index in [-0.39, 0.29) is 30.6 Å². The molecule has 0 aliphatic heterocycles. The van der Waals surface area contributed by atoms with Crippen LogP contribution in [0.15, 0.2) is 48.5 Å². The van der Waals surface area contributed by atoms with Crippen LogP contribution in [0.5, 0.6) is 11.5 Å². The monoisotopic (exact) mass is 500 g/mol. The lowest BCUT2D eigenvalue weighted by molar-refractivity contribution is 0.125. The molecule has 1 N–H and O–H groups in total. The van der Waals surface area contributed by atoms with Crippen LogP contribution in [-0.4, -0.2) is 56.9 Å². The second kappa shape index (κ2) is 13.2. The fraction of sp³-hybridized carbons (Fsp3) is 0.520. The van der Waals surface area contributed by atoms with E-state index in [2.05, 4.69) is 13.8 Å². The van der Waals surface area contributed by atoms with Gasteiger partial charge in [-0.3, -0.25) is 4.39 Å². The minimum absolute atomic E-state index is 0.127. The summed E-state index contributed by atoms with van der Waals surface area (Å²) in [6.07, 6.45) is 0.131. The minimum Gasteiger partial charge on any atom is -0.494 e. The average molecular weight is 501 g/mol. The first-order valence-corrected chi connectivity index (χ1v) is 13.5. The van der Waals surface area contributed by atoms with Crippen LogP contribution in [0.25, 0.3) is 0 Å². The van der Waals surface area contributed by atoms with Gasteiger partial charge in [0.15, 0.2) is 9.84 Å². The Balaban J connectivity index is 1.91. The summed E-state index contributed by atoms with van der Waals surface area (Å²) in [4.78, 5) is 0. The van der Waals surface area contributed by atoms with E-state index >= 15 is 0 Å². The highest BCUT2D eigenvalue weighted by Crippen LogP contribution is 2.33. The molecule has 0 aromatic heterocycles. The molecule has 5 nitrogen and oxygen atoms in total. The van der Waals surface area contributed by atoms with Crippen molar-refractivity contribution in [2.45, 2.75) is 44.6 Å². The van der Waals surface area contributed by atoms with Crippen LogP contribution >= 0.6 is 11.6 Å². The Morgan fingerprint density at radius 3 is 2.00 bits per heavy atom. The van der Waals surface area contributed by atoms with Gasteiger partial charge in [-0.15, -0.1) is 11.6 Å². The van der Waals surface area contributed by atoms with Crippen LogP contribution in [0.4, 0.5) is 4.39 Å². The minimum atomic E-state index is -3.44. The standard InChI is InChI=1S/C25H34ClFO5S/c1-25(2,20-6-10-23(11-7-20)31-16-5-14-26)21-8-12-24(13-9-21)32-18-22(28)19-33(29,30)17-4-3-15-27/h6-13,22,28H,3-5,14-19H2,1-2H3/t22-/m1/s1. The lowest BCUT2D eigenvalue weighted by Gasteiger charge is -2.26. The van der Waals surface area contributed by atoms with E-state index in [1.165, 1.54) is 0 Å². The van der Waals surface area contributed by atoms with E-state index < -0.39 is 28.4 Å². The smallest absolute Gasteiger partial charge is 0.152 e. The number of aliphatic hydroxyl groups excluding tert-OH is 1. The fourth-order valence-corrected chi connectivity index (χ4v) is 4.98. The molecule has 0 amide bonds. The second-order valence-electron chi connectivity index (χ2n) is 8.54. The molecule has 8 heteroatoms. The molecule has 0 aliphatic rings. The van der Waals surface area contributed by atoms with Gasteiger partial charge in [-0.05, 0) is 54.7 Å². The van der Waals surface area contributed by atoms with Crippen molar-refractivity contribution in [2.24, 2.45) is 0 Å². The average Bonchev–Trinajstić information content (AvgIpc) is 2.78. The summed E-state index contributed by atoms with van der Waals surface area (Å²) >= 11 is 5.68. The summed E-state index contributed by atoms with van der Waals surface area (Å²) in [5, 5.41) is 10.0. The molecule has 184 valence electrons. The number of aliphatic hydroxyl groups is 1. The van der Waals surface area contributed by atoms with Crippen molar-refractivity contribution >= 4 is 21.4 Å². The van der Waals surface area contributed by atoms with Crippen molar-refractivity contribution < 1.29 is 27.4 Å². The lowest BCUT2D eigenvalue weighted by Crippen LogP contribution is -2.28. The van der Waals surface area contributed by atoms with Crippen molar-refractivity contribution in [3.05, 3.63) is 59.7 Å². The molecule has 1 atom stereocenters. The molecular weight excluding hydrogens is 467 g/mol. The van der Waals surface area contributed by atoms with Gasteiger partial charge in [0, 0.05) is 11.3 Å². The normalized spacial score (nSPS) is 13.0. The highest BCUT2D eigenvalue weighted by atomic mass is 35.5. The third-order valence-electron chi connectivity index (χ3n) is 5.43. The van der Waals surface area contributed by atoms with Gasteiger partial charge in [-0.25, -0.2) is 8.42 Å². The number of hydrogen-bond donors (Lipinski definition) is 1. The van der Waals surface area contributed by atoms with Crippen molar-refractivity contribution in [1.82, 2.24) is 0 Å². The first-order chi connectivity index (χ1) is 15.7. The first kappa shape index (κ1) is 27.4. The van der Waals surface area contributed by atoms with Gasteiger partial charge in [-0.2, -0.15) is 0 Å². The Bertz CT molecular complexity index is 930. The van der Waals surface area contributed by atoms with Gasteiger partial charge in [0.05, 0.1) is 24.8 Å². The maximum Gasteiger partial charge on any atom is 0.152 e. The number of rotatable bonds is 15. The lowest BCUT2D eigenvalue weighted by atomic mass is 9.78. The van der Waals surface area contributed by atoms with Crippen LogP contribution in [-0.2, 0) is 15.3 Å². The number of ether oxygens (including phenoxy) is 2. The molecule has 2 aromatic carbocycles. The van der Waals surface area contributed by atoms with E-state index in [1.54, 1.807) is 0 Å². The number of unbranched alkanes of at least 4 members (excludes halogenated alkanes) is 1. The molecule has 0 radical (unpaired) electrons. The molecule has 0 spiro atoms. The number of hydrogen-bond acceptors (Lipinski definition) is 5. The largest absolute Gasteiger partial charge is 0.494 e. The number of sulfone groups is 1. The predicted molar refractivity (Wildman–Crippen MR) is 131 cm³/mol. The molecule has 0 fully saturated rings. The predicted octanol–water partition coefficient (Wildman–Crippen LogP) is 4.92. The van der Waals surface area contributed by atoms with Crippen LogP contribution in [0.3, 0.4) is 0 Å². The number of halogens is 2. The summed E-state index contributed by atoms with van der Waals surface area (Å²) in [5.74, 6) is 1.41. The van der Waals surface area contributed by atoms with Gasteiger partial charge >= 0.3 is 0 Å². The molecular formula is C25H34ClFO5S. The van der Waals surface area contributed by atoms with Gasteiger partial charge in [0.1, 0.15) is 24.2 Å². The zero-order chi connectivity index (χ0) is 24.3. The van der Waals surface area contributed by atoms with Crippen LogP contribution < -0.4 is 9.47 Å². The van der Waals surface area contributed by atoms with E-state index in [1.807, 2.05) is 48.5 Å². The molecule has 0 unspecified atom stereocenters. The molecule has 0 aliphatic carbocycles. The highest BCUT2D eigenvalue weighted by Gasteiger charge is 2.23. The van der Waals surface area contributed by atoms with Gasteiger partial charge in [-0.1, -0.05) is 38.1 Å². The van der Waals surface area contributed by atoms with Crippen molar-refractivity contribution in [3.8, 4) is 11.5 Å². The van der Waals surface area contributed by atoms with Crippen LogP contribution in [0, 0.1) is 0 Å². The fourth-order valence-electron chi connectivity index (χ4n) is 3.38. The SMILES string of the molecule is CC(C)(c1ccc(OCCCCl)cc1)c1ccc(OC[C@@H](O)CS(=O)(=O)CCCCF)cc1.